The summed E-state index contributed by atoms with van der Waals surface area (Å²) >= 11 is 0. The average molecular weight is 247 g/mol. The number of hydrogen-bond donors (Lipinski definition) is 1. The summed E-state index contributed by atoms with van der Waals surface area (Å²) in [4.78, 5) is 0. The molecule has 1 unspecified atom stereocenters. The highest BCUT2D eigenvalue weighted by Gasteiger charge is 2.20. The van der Waals surface area contributed by atoms with Crippen molar-refractivity contribution in [2.24, 2.45) is 5.92 Å². The van der Waals surface area contributed by atoms with Crippen LogP contribution in [-0.4, -0.2) is 17.2 Å². The van der Waals surface area contributed by atoms with Crippen LogP contribution >= 0.6 is 0 Å². The predicted molar refractivity (Wildman–Crippen MR) is 74.5 cm³/mol. The maximum Gasteiger partial charge on any atom is 0.0648 e. The molecule has 1 aliphatic carbocycles. The largest absolute Gasteiger partial charge is 0.313 e. The molecule has 2 rings (SSSR count). The summed E-state index contributed by atoms with van der Waals surface area (Å²) in [5.41, 5.74) is 3.41. The SMILES string of the molecule is CNC(CC1CCCCC1)c1cc(C)nnc1C. The Labute approximate surface area is 110 Å². The lowest BCUT2D eigenvalue weighted by Gasteiger charge is -2.27. The van der Waals surface area contributed by atoms with Gasteiger partial charge in [0.2, 0.25) is 0 Å². The van der Waals surface area contributed by atoms with E-state index >= 15 is 0 Å². The zero-order valence-corrected chi connectivity index (χ0v) is 11.9. The van der Waals surface area contributed by atoms with Crippen molar-refractivity contribution in [3.8, 4) is 0 Å². The summed E-state index contributed by atoms with van der Waals surface area (Å²) in [6.07, 6.45) is 8.28. The Morgan fingerprint density at radius 1 is 1.22 bits per heavy atom. The van der Waals surface area contributed by atoms with Crippen molar-refractivity contribution in [2.45, 2.75) is 58.4 Å². The van der Waals surface area contributed by atoms with Gasteiger partial charge in [0.1, 0.15) is 0 Å². The Bertz CT molecular complexity index is 383. The minimum atomic E-state index is 0.433. The van der Waals surface area contributed by atoms with Crippen LogP contribution in [0.5, 0.6) is 0 Å². The van der Waals surface area contributed by atoms with Crippen molar-refractivity contribution < 1.29 is 0 Å². The molecule has 0 saturated heterocycles. The van der Waals surface area contributed by atoms with Gasteiger partial charge in [0.05, 0.1) is 11.4 Å². The quantitative estimate of drug-likeness (QED) is 0.887. The average Bonchev–Trinajstić information content (AvgIpc) is 2.40. The van der Waals surface area contributed by atoms with Gasteiger partial charge in [-0.15, -0.1) is 0 Å². The number of hydrogen-bond acceptors (Lipinski definition) is 3. The fourth-order valence-corrected chi connectivity index (χ4v) is 3.08. The molecule has 18 heavy (non-hydrogen) atoms. The van der Waals surface area contributed by atoms with Gasteiger partial charge in [0.15, 0.2) is 0 Å². The van der Waals surface area contributed by atoms with E-state index < -0.39 is 0 Å². The van der Waals surface area contributed by atoms with Crippen LogP contribution in [0.1, 0.15) is 61.5 Å². The van der Waals surface area contributed by atoms with E-state index in [-0.39, 0.29) is 0 Å². The Morgan fingerprint density at radius 2 is 1.94 bits per heavy atom. The highest BCUT2D eigenvalue weighted by Crippen LogP contribution is 2.32. The Hall–Kier alpha value is -0.960. The maximum absolute atomic E-state index is 4.25. The molecule has 1 atom stereocenters. The van der Waals surface area contributed by atoms with Crippen LogP contribution in [0, 0.1) is 19.8 Å². The van der Waals surface area contributed by atoms with Crippen molar-refractivity contribution in [2.75, 3.05) is 7.05 Å². The number of rotatable bonds is 4. The van der Waals surface area contributed by atoms with Gasteiger partial charge in [-0.2, -0.15) is 10.2 Å². The Morgan fingerprint density at radius 3 is 2.61 bits per heavy atom. The molecule has 1 aliphatic rings. The van der Waals surface area contributed by atoms with Gasteiger partial charge in [-0.05, 0) is 44.9 Å². The first-order valence-corrected chi connectivity index (χ1v) is 7.18. The zero-order chi connectivity index (χ0) is 13.0. The van der Waals surface area contributed by atoms with Crippen LogP contribution < -0.4 is 5.32 Å². The first kappa shape index (κ1) is 13.5. The molecule has 0 aromatic carbocycles. The van der Waals surface area contributed by atoms with Gasteiger partial charge < -0.3 is 5.32 Å². The van der Waals surface area contributed by atoms with Gasteiger partial charge in [-0.3, -0.25) is 0 Å². The molecular formula is C15H25N3. The summed E-state index contributed by atoms with van der Waals surface area (Å²) in [6.45, 7) is 4.08. The predicted octanol–water partition coefficient (Wildman–Crippen LogP) is 3.32. The molecule has 1 heterocycles. The molecule has 1 fully saturated rings. The smallest absolute Gasteiger partial charge is 0.0648 e. The minimum Gasteiger partial charge on any atom is -0.313 e. The number of nitrogens with one attached hydrogen (secondary N) is 1. The summed E-state index contributed by atoms with van der Waals surface area (Å²) in [7, 11) is 2.06. The van der Waals surface area contributed by atoms with Crippen LogP contribution in [0.15, 0.2) is 6.07 Å². The first-order chi connectivity index (χ1) is 8.70. The number of aromatic nitrogens is 2. The van der Waals surface area contributed by atoms with E-state index in [1.54, 1.807) is 0 Å². The lowest BCUT2D eigenvalue weighted by Crippen LogP contribution is -2.22. The topological polar surface area (TPSA) is 37.8 Å². The summed E-state index contributed by atoms with van der Waals surface area (Å²) in [5.74, 6) is 0.879. The van der Waals surface area contributed by atoms with Crippen molar-refractivity contribution in [3.05, 3.63) is 23.0 Å². The number of aryl methyl sites for hydroxylation is 2. The second-order valence-corrected chi connectivity index (χ2v) is 5.61. The van der Waals surface area contributed by atoms with Crippen molar-refractivity contribution in [1.82, 2.24) is 15.5 Å². The van der Waals surface area contributed by atoms with Gasteiger partial charge >= 0.3 is 0 Å². The molecule has 0 spiro atoms. The molecule has 1 saturated carbocycles. The Balaban J connectivity index is 2.09. The summed E-state index contributed by atoms with van der Waals surface area (Å²) in [5, 5.41) is 11.8. The molecule has 1 aromatic heterocycles. The molecule has 1 N–H and O–H groups in total. The van der Waals surface area contributed by atoms with Crippen molar-refractivity contribution >= 4 is 0 Å². The maximum atomic E-state index is 4.25. The highest BCUT2D eigenvalue weighted by atomic mass is 15.1. The molecule has 0 radical (unpaired) electrons. The van der Waals surface area contributed by atoms with Crippen LogP contribution in [0.4, 0.5) is 0 Å². The van der Waals surface area contributed by atoms with Crippen molar-refractivity contribution in [1.29, 1.82) is 0 Å². The number of nitrogens with zero attached hydrogens (tertiary/aromatic N) is 2. The molecule has 3 heteroatoms. The molecule has 0 aliphatic heterocycles. The third-order valence-electron chi connectivity index (χ3n) is 4.16. The molecule has 100 valence electrons. The fourth-order valence-electron chi connectivity index (χ4n) is 3.08. The van der Waals surface area contributed by atoms with E-state index in [0.29, 0.717) is 6.04 Å². The summed E-state index contributed by atoms with van der Waals surface area (Å²) < 4.78 is 0. The van der Waals surface area contributed by atoms with E-state index in [2.05, 4.69) is 35.6 Å². The van der Waals surface area contributed by atoms with E-state index in [4.69, 9.17) is 0 Å². The van der Waals surface area contributed by atoms with E-state index in [0.717, 1.165) is 17.3 Å². The Kier molecular flexibility index (Phi) is 4.70. The third kappa shape index (κ3) is 3.29. The van der Waals surface area contributed by atoms with Gasteiger partial charge in [-0.25, -0.2) is 0 Å². The molecule has 1 aromatic rings. The summed E-state index contributed by atoms with van der Waals surface area (Å²) in [6, 6.07) is 2.62. The van der Waals surface area contributed by atoms with Crippen LogP contribution in [0.3, 0.4) is 0 Å². The molecule has 3 nitrogen and oxygen atoms in total. The standard InChI is InChI=1S/C15H25N3/c1-11-9-14(12(2)18-17-11)15(16-3)10-13-7-5-4-6-8-13/h9,13,15-16H,4-8,10H2,1-3H3. The molecule has 0 bridgehead atoms. The fraction of sp³-hybridized carbons (Fsp3) is 0.733. The van der Waals surface area contributed by atoms with E-state index in [1.165, 1.54) is 44.1 Å². The molecular weight excluding hydrogens is 222 g/mol. The van der Waals surface area contributed by atoms with Crippen LogP contribution in [0.2, 0.25) is 0 Å². The third-order valence-corrected chi connectivity index (χ3v) is 4.16. The van der Waals surface area contributed by atoms with Gasteiger partial charge in [-0.1, -0.05) is 32.1 Å². The second-order valence-electron chi connectivity index (χ2n) is 5.61. The van der Waals surface area contributed by atoms with E-state index in [1.807, 2.05) is 6.92 Å². The van der Waals surface area contributed by atoms with Crippen LogP contribution in [0.25, 0.3) is 0 Å². The zero-order valence-electron chi connectivity index (χ0n) is 11.9. The van der Waals surface area contributed by atoms with Crippen LogP contribution in [-0.2, 0) is 0 Å². The van der Waals surface area contributed by atoms with Gasteiger partial charge in [0, 0.05) is 6.04 Å². The second kappa shape index (κ2) is 6.28. The van der Waals surface area contributed by atoms with Crippen molar-refractivity contribution in [3.63, 3.8) is 0 Å². The lowest BCUT2D eigenvalue weighted by molar-refractivity contribution is 0.305. The first-order valence-electron chi connectivity index (χ1n) is 7.18. The lowest BCUT2D eigenvalue weighted by atomic mass is 9.83. The molecule has 0 amide bonds. The highest BCUT2D eigenvalue weighted by molar-refractivity contribution is 5.23. The van der Waals surface area contributed by atoms with E-state index in [9.17, 15) is 0 Å². The van der Waals surface area contributed by atoms with Gasteiger partial charge in [0.25, 0.3) is 0 Å². The normalized spacial score (nSPS) is 18.8. The monoisotopic (exact) mass is 247 g/mol. The minimum absolute atomic E-state index is 0.433.